The van der Waals surface area contributed by atoms with Crippen LogP contribution in [0.1, 0.15) is 73.1 Å². The minimum Gasteiger partial charge on any atom is -0.460 e. The number of nitrogens with one attached hydrogen (secondary N) is 1. The predicted molar refractivity (Wildman–Crippen MR) is 85.9 cm³/mol. The number of amides is 1. The van der Waals surface area contributed by atoms with Crippen molar-refractivity contribution >= 4 is 11.9 Å². The topological polar surface area (TPSA) is 55.4 Å². The van der Waals surface area contributed by atoms with Crippen molar-refractivity contribution in [1.82, 2.24) is 5.32 Å². The maximum atomic E-state index is 12.4. The van der Waals surface area contributed by atoms with Crippen LogP contribution in [0.15, 0.2) is 0 Å². The van der Waals surface area contributed by atoms with E-state index in [-0.39, 0.29) is 12.8 Å². The molecule has 0 spiro atoms. The van der Waals surface area contributed by atoms with E-state index in [4.69, 9.17) is 10.2 Å². The molecular formula is C17H33NO3. The second-order valence-corrected chi connectivity index (χ2v) is 6.95. The van der Waals surface area contributed by atoms with Gasteiger partial charge in [-0.1, -0.05) is 27.6 Å². The zero-order valence-corrected chi connectivity index (χ0v) is 14.2. The van der Waals surface area contributed by atoms with Crippen LogP contribution in [-0.2, 0) is 14.3 Å². The monoisotopic (exact) mass is 303 g/mol. The fraction of sp³-hybridized carbons (Fsp3) is 0.882. The van der Waals surface area contributed by atoms with Crippen LogP contribution in [0.3, 0.4) is 0 Å². The van der Waals surface area contributed by atoms with Crippen molar-refractivity contribution < 1.29 is 19.8 Å². The third kappa shape index (κ3) is 11.3. The molecule has 0 rings (SSSR count). The average Bonchev–Trinajstić information content (AvgIpc) is 2.33. The summed E-state index contributed by atoms with van der Waals surface area (Å²) in [5, 5.41) is 2.74. The largest absolute Gasteiger partial charge is 0.460 e. The molecule has 1 unspecified atom stereocenters. The molecule has 1 N–H and O–H groups in total. The molecule has 0 aliphatic rings. The second kappa shape index (κ2) is 9.06. The van der Waals surface area contributed by atoms with E-state index in [0.29, 0.717) is 12.5 Å². The van der Waals surface area contributed by atoms with E-state index in [9.17, 15) is 9.59 Å². The van der Waals surface area contributed by atoms with Crippen LogP contribution in [-0.4, -0.2) is 24.0 Å². The van der Waals surface area contributed by atoms with Gasteiger partial charge in [0.25, 0.3) is 0 Å². The lowest BCUT2D eigenvalue weighted by Crippen LogP contribution is -2.35. The van der Waals surface area contributed by atoms with Crippen LogP contribution < -0.4 is 5.32 Å². The van der Waals surface area contributed by atoms with E-state index >= 15 is 0 Å². The van der Waals surface area contributed by atoms with Crippen molar-refractivity contribution in [2.45, 2.75) is 73.3 Å². The minimum atomic E-state index is -2.54. The van der Waals surface area contributed by atoms with Crippen molar-refractivity contribution in [3.05, 3.63) is 0 Å². The second-order valence-electron chi connectivity index (χ2n) is 6.95. The Labute approximate surface area is 135 Å². The maximum absolute atomic E-state index is 12.4. The van der Waals surface area contributed by atoms with Crippen LogP contribution in [0.4, 0.5) is 0 Å². The van der Waals surface area contributed by atoms with Gasteiger partial charge in [-0.3, -0.25) is 9.59 Å². The van der Waals surface area contributed by atoms with E-state index < -0.39 is 36.1 Å². The molecule has 0 aliphatic carbocycles. The fourth-order valence-electron chi connectivity index (χ4n) is 1.84. The van der Waals surface area contributed by atoms with Gasteiger partial charge in [0.15, 0.2) is 0 Å². The van der Waals surface area contributed by atoms with Gasteiger partial charge in [0, 0.05) is 17.9 Å². The molecule has 0 saturated carbocycles. The zero-order valence-electron chi connectivity index (χ0n) is 18.2. The third-order valence-corrected chi connectivity index (χ3v) is 2.78. The Morgan fingerprint density at radius 3 is 2.38 bits per heavy atom. The van der Waals surface area contributed by atoms with Gasteiger partial charge in [0.05, 0.1) is 6.42 Å². The molecule has 0 aromatic heterocycles. The average molecular weight is 303 g/mol. The number of carbonyl (C=O) groups is 2. The summed E-state index contributed by atoms with van der Waals surface area (Å²) in [6.07, 6.45) is 0.300. The highest BCUT2D eigenvalue weighted by Crippen LogP contribution is 2.19. The highest BCUT2D eigenvalue weighted by molar-refractivity contribution is 5.83. The Hall–Kier alpha value is -1.06. The first-order chi connectivity index (χ1) is 11.0. The smallest absolute Gasteiger partial charge is 0.307 e. The van der Waals surface area contributed by atoms with Gasteiger partial charge < -0.3 is 10.1 Å². The Kier molecular flexibility index (Phi) is 5.86. The molecule has 21 heavy (non-hydrogen) atoms. The van der Waals surface area contributed by atoms with Gasteiger partial charge in [-0.05, 0) is 45.4 Å². The SMILES string of the molecule is [2H]C([2H])([2H])C([2H])(C)C[C@H](CC(=O)OC(C)(C)C)C(=O)NCCC(C)C. The number of esters is 1. The summed E-state index contributed by atoms with van der Waals surface area (Å²) in [4.78, 5) is 24.5. The Morgan fingerprint density at radius 1 is 1.29 bits per heavy atom. The molecule has 4 heteroatoms. The lowest BCUT2D eigenvalue weighted by molar-refractivity contribution is -0.157. The van der Waals surface area contributed by atoms with Crippen LogP contribution in [0.25, 0.3) is 0 Å². The molecule has 2 atom stereocenters. The summed E-state index contributed by atoms with van der Waals surface area (Å²) in [7, 11) is 0. The van der Waals surface area contributed by atoms with Gasteiger partial charge in [0.2, 0.25) is 5.91 Å². The number of hydrogen-bond acceptors (Lipinski definition) is 3. The van der Waals surface area contributed by atoms with E-state index in [1.807, 2.05) is 13.8 Å². The zero-order chi connectivity index (χ0) is 20.1. The Balaban J connectivity index is 5.11. The molecule has 0 fully saturated rings. The van der Waals surface area contributed by atoms with Crippen molar-refractivity contribution in [1.29, 1.82) is 0 Å². The summed E-state index contributed by atoms with van der Waals surface area (Å²) < 4.78 is 35.8. The molecule has 0 saturated heterocycles. The predicted octanol–water partition coefficient (Wildman–Crippen LogP) is 3.54. The third-order valence-electron chi connectivity index (χ3n) is 2.78. The van der Waals surface area contributed by atoms with Gasteiger partial charge in [-0.25, -0.2) is 0 Å². The van der Waals surface area contributed by atoms with Crippen molar-refractivity contribution in [2.75, 3.05) is 6.54 Å². The molecule has 0 radical (unpaired) electrons. The van der Waals surface area contributed by atoms with Crippen LogP contribution in [0.2, 0.25) is 0 Å². The molecule has 0 aromatic carbocycles. The first-order valence-corrected chi connectivity index (χ1v) is 7.55. The first-order valence-electron chi connectivity index (χ1n) is 9.55. The molecular weight excluding hydrogens is 266 g/mol. The summed E-state index contributed by atoms with van der Waals surface area (Å²) in [5.41, 5.74) is -0.690. The molecule has 0 bridgehead atoms. The van der Waals surface area contributed by atoms with E-state index in [1.54, 1.807) is 20.8 Å². The van der Waals surface area contributed by atoms with Gasteiger partial charge >= 0.3 is 5.97 Å². The maximum Gasteiger partial charge on any atom is 0.307 e. The summed E-state index contributed by atoms with van der Waals surface area (Å²) in [5.74, 6) is -3.31. The molecule has 0 aromatic rings. The van der Waals surface area contributed by atoms with Crippen molar-refractivity contribution in [3.8, 4) is 0 Å². The van der Waals surface area contributed by atoms with Gasteiger partial charge in [-0.2, -0.15) is 0 Å². The summed E-state index contributed by atoms with van der Waals surface area (Å²) in [6.45, 7) is 8.39. The Morgan fingerprint density at radius 2 is 1.90 bits per heavy atom. The van der Waals surface area contributed by atoms with Crippen molar-refractivity contribution in [3.63, 3.8) is 0 Å². The van der Waals surface area contributed by atoms with E-state index in [1.165, 1.54) is 6.92 Å². The quantitative estimate of drug-likeness (QED) is 0.698. The fourth-order valence-corrected chi connectivity index (χ4v) is 1.84. The number of carbonyl (C=O) groups excluding carboxylic acids is 2. The normalized spacial score (nSPS) is 19.6. The number of rotatable bonds is 8. The molecule has 4 nitrogen and oxygen atoms in total. The standard InChI is InChI=1S/C17H33NO3/c1-12(2)8-9-18-16(20)14(10-13(3)4)11-15(19)21-17(5,6)7/h12-14H,8-11H2,1-7H3,(H,18,20)/t14-/m1/s1/i3D3,13D/t13?,14-. The van der Waals surface area contributed by atoms with E-state index in [0.717, 1.165) is 6.42 Å². The molecule has 1 amide bonds. The lowest BCUT2D eigenvalue weighted by Gasteiger charge is -2.23. The van der Waals surface area contributed by atoms with Crippen molar-refractivity contribution in [2.24, 2.45) is 17.7 Å². The number of hydrogen-bond donors (Lipinski definition) is 1. The first kappa shape index (κ1) is 13.6. The Bertz CT molecular complexity index is 454. The van der Waals surface area contributed by atoms with Crippen LogP contribution in [0, 0.1) is 17.7 Å². The summed E-state index contributed by atoms with van der Waals surface area (Å²) in [6, 6.07) is 0. The van der Waals surface area contributed by atoms with E-state index in [2.05, 4.69) is 5.32 Å². The lowest BCUT2D eigenvalue weighted by atomic mass is 9.93. The highest BCUT2D eigenvalue weighted by Gasteiger charge is 2.26. The highest BCUT2D eigenvalue weighted by atomic mass is 16.6. The molecule has 124 valence electrons. The molecule has 0 aliphatic heterocycles. The minimum absolute atomic E-state index is 0.240. The van der Waals surface area contributed by atoms with Gasteiger partial charge in [-0.15, -0.1) is 0 Å². The summed E-state index contributed by atoms with van der Waals surface area (Å²) >= 11 is 0. The van der Waals surface area contributed by atoms with Crippen LogP contribution >= 0.6 is 0 Å². The van der Waals surface area contributed by atoms with Crippen LogP contribution in [0.5, 0.6) is 0 Å². The molecule has 0 heterocycles. The number of ether oxygens (including phenoxy) is 1. The van der Waals surface area contributed by atoms with Gasteiger partial charge in [0.1, 0.15) is 5.60 Å².